The second kappa shape index (κ2) is 6.79. The molecule has 0 aliphatic carbocycles. The molecule has 4 heteroatoms. The highest BCUT2D eigenvalue weighted by atomic mass is 16.5. The number of methoxy groups -OCH3 is 2. The molecule has 0 N–H and O–H groups in total. The van der Waals surface area contributed by atoms with Gasteiger partial charge in [-0.1, -0.05) is 18.2 Å². The van der Waals surface area contributed by atoms with Gasteiger partial charge in [0.1, 0.15) is 12.4 Å². The summed E-state index contributed by atoms with van der Waals surface area (Å²) in [4.78, 5) is 11.5. The first-order valence-electron chi connectivity index (χ1n) is 6.59. The number of para-hydroxylation sites is 1. The predicted octanol–water partition coefficient (Wildman–Crippen LogP) is 3.49. The van der Waals surface area contributed by atoms with E-state index in [2.05, 4.69) is 0 Å². The maximum atomic E-state index is 11.5. The minimum Gasteiger partial charge on any atom is -0.496 e. The molecule has 4 nitrogen and oxygen atoms in total. The summed E-state index contributed by atoms with van der Waals surface area (Å²) in [5, 5.41) is 0. The summed E-state index contributed by atoms with van der Waals surface area (Å²) in [5.41, 5.74) is 1.51. The van der Waals surface area contributed by atoms with Gasteiger partial charge in [0.2, 0.25) is 0 Å². The zero-order valence-electron chi connectivity index (χ0n) is 12.4. The maximum Gasteiger partial charge on any atom is 0.162 e. The second-order valence-electron chi connectivity index (χ2n) is 4.52. The Morgan fingerprint density at radius 1 is 0.952 bits per heavy atom. The summed E-state index contributed by atoms with van der Waals surface area (Å²) in [6.45, 7) is 1.85. The van der Waals surface area contributed by atoms with Gasteiger partial charge in [-0.3, -0.25) is 4.79 Å². The molecule has 0 aromatic heterocycles. The lowest BCUT2D eigenvalue weighted by Gasteiger charge is -2.13. The van der Waals surface area contributed by atoms with Crippen molar-refractivity contribution in [3.8, 4) is 17.2 Å². The summed E-state index contributed by atoms with van der Waals surface area (Å²) in [7, 11) is 3.19. The minimum atomic E-state index is -0.0141. The highest BCUT2D eigenvalue weighted by Crippen LogP contribution is 2.30. The molecular formula is C17H18O4. The van der Waals surface area contributed by atoms with Crippen molar-refractivity contribution in [2.75, 3.05) is 14.2 Å². The molecule has 0 amide bonds. The second-order valence-corrected chi connectivity index (χ2v) is 4.52. The Morgan fingerprint density at radius 3 is 2.33 bits per heavy atom. The Labute approximate surface area is 124 Å². The fourth-order valence-electron chi connectivity index (χ4n) is 1.99. The van der Waals surface area contributed by atoms with Crippen molar-refractivity contribution in [1.29, 1.82) is 0 Å². The van der Waals surface area contributed by atoms with Crippen LogP contribution in [0.3, 0.4) is 0 Å². The Kier molecular flexibility index (Phi) is 4.82. The molecule has 0 fully saturated rings. The molecular weight excluding hydrogens is 268 g/mol. The van der Waals surface area contributed by atoms with E-state index < -0.39 is 0 Å². The van der Waals surface area contributed by atoms with Crippen molar-refractivity contribution in [3.05, 3.63) is 53.6 Å². The maximum absolute atomic E-state index is 11.5. The summed E-state index contributed by atoms with van der Waals surface area (Å²) < 4.78 is 16.3. The molecule has 2 aromatic carbocycles. The first-order valence-corrected chi connectivity index (χ1v) is 6.59. The first-order chi connectivity index (χ1) is 10.2. The molecule has 0 saturated carbocycles. The smallest absolute Gasteiger partial charge is 0.162 e. The van der Waals surface area contributed by atoms with Gasteiger partial charge in [0, 0.05) is 11.1 Å². The number of ketones is 1. The lowest BCUT2D eigenvalue weighted by atomic mass is 10.1. The number of rotatable bonds is 6. The third-order valence-corrected chi connectivity index (χ3v) is 3.15. The van der Waals surface area contributed by atoms with Gasteiger partial charge in [-0.2, -0.15) is 0 Å². The number of Topliss-reactive ketones (excluding diaryl/α,β-unsaturated/α-hetero) is 1. The van der Waals surface area contributed by atoms with Gasteiger partial charge in [0.05, 0.1) is 14.2 Å². The van der Waals surface area contributed by atoms with E-state index in [1.165, 1.54) is 6.92 Å². The fraction of sp³-hybridized carbons (Fsp3) is 0.235. The van der Waals surface area contributed by atoms with Crippen LogP contribution >= 0.6 is 0 Å². The standard InChI is InChI=1S/C17H18O4/c1-12(18)13-8-9-16(20-3)17(10-13)21-11-14-6-4-5-7-15(14)19-2/h4-10H,11H2,1-3H3. The number of carbonyl (C=O) groups excluding carboxylic acids is 1. The highest BCUT2D eigenvalue weighted by Gasteiger charge is 2.10. The summed E-state index contributed by atoms with van der Waals surface area (Å²) >= 11 is 0. The average Bonchev–Trinajstić information content (AvgIpc) is 2.52. The Morgan fingerprint density at radius 2 is 1.67 bits per heavy atom. The van der Waals surface area contributed by atoms with Gasteiger partial charge < -0.3 is 14.2 Å². The molecule has 0 saturated heterocycles. The van der Waals surface area contributed by atoms with E-state index in [4.69, 9.17) is 14.2 Å². The summed E-state index contributed by atoms with van der Waals surface area (Å²) in [5.74, 6) is 1.88. The zero-order valence-corrected chi connectivity index (χ0v) is 12.4. The third kappa shape index (κ3) is 3.54. The van der Waals surface area contributed by atoms with Crippen LogP contribution in [0.4, 0.5) is 0 Å². The molecule has 0 heterocycles. The van der Waals surface area contributed by atoms with Crippen molar-refractivity contribution in [2.24, 2.45) is 0 Å². The molecule has 110 valence electrons. The van der Waals surface area contributed by atoms with Crippen LogP contribution in [0, 0.1) is 0 Å². The number of hydrogen-bond acceptors (Lipinski definition) is 4. The number of carbonyl (C=O) groups is 1. The molecule has 0 aliphatic rings. The van der Waals surface area contributed by atoms with Crippen LogP contribution in [0.1, 0.15) is 22.8 Å². The van der Waals surface area contributed by atoms with Crippen LogP contribution in [0.5, 0.6) is 17.2 Å². The summed E-state index contributed by atoms with van der Waals surface area (Å²) in [6, 6.07) is 12.8. The van der Waals surface area contributed by atoms with Crippen LogP contribution < -0.4 is 14.2 Å². The van der Waals surface area contributed by atoms with Gasteiger partial charge in [0.25, 0.3) is 0 Å². The molecule has 0 unspecified atom stereocenters. The van der Waals surface area contributed by atoms with Crippen molar-refractivity contribution in [1.82, 2.24) is 0 Å². The highest BCUT2D eigenvalue weighted by molar-refractivity contribution is 5.94. The third-order valence-electron chi connectivity index (χ3n) is 3.15. The molecule has 0 aliphatic heterocycles. The van der Waals surface area contributed by atoms with E-state index in [0.29, 0.717) is 23.7 Å². The van der Waals surface area contributed by atoms with E-state index in [1.54, 1.807) is 32.4 Å². The van der Waals surface area contributed by atoms with E-state index >= 15 is 0 Å². The Hall–Kier alpha value is -2.49. The zero-order chi connectivity index (χ0) is 15.2. The van der Waals surface area contributed by atoms with Crippen molar-refractivity contribution in [3.63, 3.8) is 0 Å². The molecule has 21 heavy (non-hydrogen) atoms. The molecule has 2 rings (SSSR count). The Balaban J connectivity index is 2.22. The average molecular weight is 286 g/mol. The Bertz CT molecular complexity index is 634. The van der Waals surface area contributed by atoms with Gasteiger partial charge in [-0.25, -0.2) is 0 Å². The first kappa shape index (κ1) is 14.9. The normalized spacial score (nSPS) is 10.0. The number of benzene rings is 2. The minimum absolute atomic E-state index is 0.0141. The molecule has 0 atom stereocenters. The molecule has 0 bridgehead atoms. The largest absolute Gasteiger partial charge is 0.496 e. The molecule has 2 aromatic rings. The predicted molar refractivity (Wildman–Crippen MR) is 80.3 cm³/mol. The monoisotopic (exact) mass is 286 g/mol. The van der Waals surface area contributed by atoms with Gasteiger partial charge in [-0.05, 0) is 31.2 Å². The van der Waals surface area contributed by atoms with Crippen LogP contribution in [-0.2, 0) is 6.61 Å². The van der Waals surface area contributed by atoms with Gasteiger partial charge >= 0.3 is 0 Å². The molecule has 0 spiro atoms. The van der Waals surface area contributed by atoms with Crippen molar-refractivity contribution in [2.45, 2.75) is 13.5 Å². The van der Waals surface area contributed by atoms with Crippen LogP contribution in [0.25, 0.3) is 0 Å². The van der Waals surface area contributed by atoms with Gasteiger partial charge in [0.15, 0.2) is 17.3 Å². The number of hydrogen-bond donors (Lipinski definition) is 0. The molecule has 0 radical (unpaired) electrons. The van der Waals surface area contributed by atoms with Crippen LogP contribution in [-0.4, -0.2) is 20.0 Å². The van der Waals surface area contributed by atoms with E-state index in [0.717, 1.165) is 11.3 Å². The summed E-state index contributed by atoms with van der Waals surface area (Å²) in [6.07, 6.45) is 0. The van der Waals surface area contributed by atoms with E-state index in [-0.39, 0.29) is 5.78 Å². The fourth-order valence-corrected chi connectivity index (χ4v) is 1.99. The SMILES string of the molecule is COc1ccccc1COc1cc(C(C)=O)ccc1OC. The van der Waals surface area contributed by atoms with Crippen molar-refractivity contribution >= 4 is 5.78 Å². The quantitative estimate of drug-likeness (QED) is 0.763. The van der Waals surface area contributed by atoms with Gasteiger partial charge in [-0.15, -0.1) is 0 Å². The van der Waals surface area contributed by atoms with E-state index in [1.807, 2.05) is 24.3 Å². The van der Waals surface area contributed by atoms with Crippen LogP contribution in [0.2, 0.25) is 0 Å². The van der Waals surface area contributed by atoms with Crippen molar-refractivity contribution < 1.29 is 19.0 Å². The lowest BCUT2D eigenvalue weighted by Crippen LogP contribution is -2.01. The van der Waals surface area contributed by atoms with Crippen LogP contribution in [0.15, 0.2) is 42.5 Å². The van der Waals surface area contributed by atoms with E-state index in [9.17, 15) is 4.79 Å². The number of ether oxygens (including phenoxy) is 3. The topological polar surface area (TPSA) is 44.8 Å². The lowest BCUT2D eigenvalue weighted by molar-refractivity contribution is 0.101.